The van der Waals surface area contributed by atoms with Crippen LogP contribution < -0.4 is 5.32 Å². The van der Waals surface area contributed by atoms with Crippen molar-refractivity contribution in [2.45, 2.75) is 26.1 Å². The number of aryl methyl sites for hydroxylation is 2. The molecule has 11 heteroatoms. The molecule has 0 saturated heterocycles. The Morgan fingerprint density at radius 1 is 1.00 bits per heavy atom. The highest BCUT2D eigenvalue weighted by molar-refractivity contribution is 5.97. The third-order valence-electron chi connectivity index (χ3n) is 4.82. The van der Waals surface area contributed by atoms with Crippen molar-refractivity contribution in [2.75, 3.05) is 5.32 Å². The first-order valence-electron chi connectivity index (χ1n) is 10.1. The quantitative estimate of drug-likeness (QED) is 0.438. The molecule has 4 rings (SSSR count). The van der Waals surface area contributed by atoms with Gasteiger partial charge in [0.15, 0.2) is 0 Å². The fourth-order valence-electron chi connectivity index (χ4n) is 3.29. The number of ether oxygens (including phenoxy) is 1. The van der Waals surface area contributed by atoms with Crippen LogP contribution in [0, 0.1) is 13.8 Å². The van der Waals surface area contributed by atoms with Crippen LogP contribution in [0.5, 0.6) is 0 Å². The summed E-state index contributed by atoms with van der Waals surface area (Å²) in [5.74, 6) is -1.95. The summed E-state index contributed by atoms with van der Waals surface area (Å²) in [6, 6.07) is 14.0. The van der Waals surface area contributed by atoms with E-state index in [4.69, 9.17) is 4.74 Å². The number of nitrogens with one attached hydrogen (secondary N) is 1. The van der Waals surface area contributed by atoms with Gasteiger partial charge in [-0.15, -0.1) is 5.10 Å². The zero-order valence-corrected chi connectivity index (χ0v) is 18.0. The number of hydrogen-bond acceptors (Lipinski definition) is 6. The molecule has 174 valence electrons. The minimum absolute atomic E-state index is 0.0991. The number of carbonyl (C=O) groups is 2. The van der Waals surface area contributed by atoms with Gasteiger partial charge in [0.2, 0.25) is 6.10 Å². The van der Waals surface area contributed by atoms with Crippen molar-refractivity contribution in [3.05, 3.63) is 89.0 Å². The van der Waals surface area contributed by atoms with Gasteiger partial charge in [-0.25, -0.2) is 14.3 Å². The van der Waals surface area contributed by atoms with Gasteiger partial charge in [0.1, 0.15) is 0 Å². The van der Waals surface area contributed by atoms with E-state index in [0.717, 1.165) is 12.1 Å². The van der Waals surface area contributed by atoms with E-state index < -0.39 is 29.7 Å². The maximum Gasteiger partial charge on any atom is 0.416 e. The summed E-state index contributed by atoms with van der Waals surface area (Å²) in [7, 11) is 0. The van der Waals surface area contributed by atoms with E-state index in [1.54, 1.807) is 50.2 Å². The first-order valence-corrected chi connectivity index (χ1v) is 10.1. The smallest absolute Gasteiger partial charge is 0.416 e. The first-order chi connectivity index (χ1) is 16.1. The lowest BCUT2D eigenvalue weighted by atomic mass is 10.1. The van der Waals surface area contributed by atoms with Crippen LogP contribution in [0.4, 0.5) is 18.9 Å². The first kappa shape index (κ1) is 22.9. The fraction of sp³-hybridized carbons (Fsp3) is 0.174. The SMILES string of the molecule is Cc1cc(C)n2nc(C(=O)OC(C(=O)Nc3cccc(C(F)(F)F)c3)c3ccccc3)nc2n1. The van der Waals surface area contributed by atoms with Crippen molar-refractivity contribution in [1.29, 1.82) is 0 Å². The number of esters is 1. The highest BCUT2D eigenvalue weighted by Gasteiger charge is 2.32. The van der Waals surface area contributed by atoms with Crippen LogP contribution in [0.25, 0.3) is 5.78 Å². The van der Waals surface area contributed by atoms with Crippen molar-refractivity contribution in [2.24, 2.45) is 0 Å². The van der Waals surface area contributed by atoms with E-state index in [1.807, 2.05) is 0 Å². The number of halogens is 3. The number of carbonyl (C=O) groups excluding carboxylic acids is 2. The van der Waals surface area contributed by atoms with Crippen molar-refractivity contribution in [3.63, 3.8) is 0 Å². The Labute approximate surface area is 191 Å². The van der Waals surface area contributed by atoms with Gasteiger partial charge in [-0.05, 0) is 38.1 Å². The second-order valence-electron chi connectivity index (χ2n) is 7.45. The molecule has 0 aliphatic heterocycles. The molecule has 8 nitrogen and oxygen atoms in total. The number of anilines is 1. The third-order valence-corrected chi connectivity index (χ3v) is 4.82. The summed E-state index contributed by atoms with van der Waals surface area (Å²) < 4.78 is 45.9. The molecule has 4 aromatic rings. The lowest BCUT2D eigenvalue weighted by Gasteiger charge is -2.18. The Balaban J connectivity index is 1.62. The summed E-state index contributed by atoms with van der Waals surface area (Å²) in [5.41, 5.74) is 0.661. The number of benzene rings is 2. The molecular formula is C23H18F3N5O3. The number of nitrogens with zero attached hydrogens (tertiary/aromatic N) is 4. The minimum Gasteiger partial charge on any atom is -0.441 e. The molecule has 1 amide bonds. The maximum absolute atomic E-state index is 13.0. The van der Waals surface area contributed by atoms with Crippen molar-refractivity contribution in [1.82, 2.24) is 19.6 Å². The lowest BCUT2D eigenvalue weighted by Crippen LogP contribution is -2.26. The number of alkyl halides is 3. The average Bonchev–Trinajstić information content (AvgIpc) is 3.22. The molecule has 34 heavy (non-hydrogen) atoms. The van der Waals surface area contributed by atoms with Crippen LogP contribution in [0.3, 0.4) is 0 Å². The zero-order valence-electron chi connectivity index (χ0n) is 18.0. The number of aromatic nitrogens is 4. The molecule has 0 spiro atoms. The average molecular weight is 469 g/mol. The van der Waals surface area contributed by atoms with Gasteiger partial charge in [-0.1, -0.05) is 36.4 Å². The number of amides is 1. The molecule has 0 aliphatic rings. The molecular weight excluding hydrogens is 451 g/mol. The van der Waals surface area contributed by atoms with Gasteiger partial charge in [0.05, 0.1) is 5.56 Å². The van der Waals surface area contributed by atoms with E-state index >= 15 is 0 Å². The second kappa shape index (κ2) is 8.93. The van der Waals surface area contributed by atoms with E-state index in [1.165, 1.54) is 16.6 Å². The van der Waals surface area contributed by atoms with Gasteiger partial charge in [0.25, 0.3) is 17.5 Å². The molecule has 0 saturated carbocycles. The summed E-state index contributed by atoms with van der Waals surface area (Å²) in [5, 5.41) is 6.47. The Morgan fingerprint density at radius 2 is 1.74 bits per heavy atom. The van der Waals surface area contributed by atoms with E-state index in [2.05, 4.69) is 20.4 Å². The van der Waals surface area contributed by atoms with Gasteiger partial charge in [0, 0.05) is 22.6 Å². The maximum atomic E-state index is 13.0. The van der Waals surface area contributed by atoms with E-state index in [-0.39, 0.29) is 17.3 Å². The number of hydrogen-bond donors (Lipinski definition) is 1. The molecule has 0 bridgehead atoms. The Morgan fingerprint density at radius 3 is 2.44 bits per heavy atom. The van der Waals surface area contributed by atoms with Crippen LogP contribution in [0.1, 0.15) is 39.2 Å². The van der Waals surface area contributed by atoms with Crippen molar-refractivity contribution in [3.8, 4) is 0 Å². The molecule has 1 atom stereocenters. The monoisotopic (exact) mass is 469 g/mol. The van der Waals surface area contributed by atoms with Crippen LogP contribution in [0.15, 0.2) is 60.7 Å². The molecule has 2 aromatic heterocycles. The molecule has 0 aliphatic carbocycles. The van der Waals surface area contributed by atoms with E-state index in [0.29, 0.717) is 17.0 Å². The number of fused-ring (bicyclic) bond motifs is 1. The van der Waals surface area contributed by atoms with Gasteiger partial charge in [-0.3, -0.25) is 4.79 Å². The summed E-state index contributed by atoms with van der Waals surface area (Å²) >= 11 is 0. The van der Waals surface area contributed by atoms with Crippen LogP contribution >= 0.6 is 0 Å². The van der Waals surface area contributed by atoms with Gasteiger partial charge in [-0.2, -0.15) is 18.2 Å². The van der Waals surface area contributed by atoms with Crippen molar-refractivity contribution >= 4 is 23.3 Å². The van der Waals surface area contributed by atoms with Gasteiger partial charge < -0.3 is 10.1 Å². The van der Waals surface area contributed by atoms with Crippen LogP contribution in [-0.4, -0.2) is 31.5 Å². The summed E-state index contributed by atoms with van der Waals surface area (Å²) in [6.07, 6.45) is -6.05. The molecule has 2 aromatic carbocycles. The summed E-state index contributed by atoms with van der Waals surface area (Å²) in [4.78, 5) is 34.1. The molecule has 0 fully saturated rings. The zero-order chi connectivity index (χ0) is 24.5. The highest BCUT2D eigenvalue weighted by Crippen LogP contribution is 2.31. The van der Waals surface area contributed by atoms with Crippen LogP contribution in [-0.2, 0) is 15.7 Å². The van der Waals surface area contributed by atoms with E-state index in [9.17, 15) is 22.8 Å². The summed E-state index contributed by atoms with van der Waals surface area (Å²) in [6.45, 7) is 3.53. The predicted molar refractivity (Wildman–Crippen MR) is 115 cm³/mol. The van der Waals surface area contributed by atoms with Crippen LogP contribution in [0.2, 0.25) is 0 Å². The standard InChI is InChI=1S/C23H18F3N5O3/c1-13-11-14(2)31-22(27-13)29-19(30-31)21(33)34-18(15-7-4-3-5-8-15)20(32)28-17-10-6-9-16(12-17)23(24,25)26/h3-12,18H,1-2H3,(H,28,32). The topological polar surface area (TPSA) is 98.5 Å². The normalized spacial score (nSPS) is 12.4. The molecule has 2 heterocycles. The largest absolute Gasteiger partial charge is 0.441 e. The molecule has 1 unspecified atom stereocenters. The van der Waals surface area contributed by atoms with Gasteiger partial charge >= 0.3 is 12.1 Å². The minimum atomic E-state index is -4.58. The second-order valence-corrected chi connectivity index (χ2v) is 7.45. The third kappa shape index (κ3) is 4.87. The highest BCUT2D eigenvalue weighted by atomic mass is 19.4. The predicted octanol–water partition coefficient (Wildman–Crippen LogP) is 4.30. The van der Waals surface area contributed by atoms with Crippen molar-refractivity contribution < 1.29 is 27.5 Å². The number of rotatable bonds is 5. The fourth-order valence-corrected chi connectivity index (χ4v) is 3.29. The molecule has 0 radical (unpaired) electrons. The Bertz CT molecular complexity index is 1370. The Kier molecular flexibility index (Phi) is 6.01. The Hall–Kier alpha value is -4.28. The molecule has 1 N–H and O–H groups in total. The lowest BCUT2D eigenvalue weighted by molar-refractivity contribution is -0.137.